The minimum Gasteiger partial charge on any atom is -0.497 e. The molecular formula is C29H38N2O3S. The first kappa shape index (κ1) is 25.6. The minimum atomic E-state index is -0.675. The summed E-state index contributed by atoms with van der Waals surface area (Å²) in [7, 11) is 1.70. The maximum absolute atomic E-state index is 11.3. The topological polar surface area (TPSA) is 62.7 Å². The van der Waals surface area contributed by atoms with Crippen LogP contribution in [0.15, 0.2) is 41.9 Å². The molecule has 0 spiro atoms. The normalized spacial score (nSPS) is 18.7. The van der Waals surface area contributed by atoms with E-state index in [9.17, 15) is 9.90 Å². The molecule has 1 aliphatic heterocycles. The van der Waals surface area contributed by atoms with Gasteiger partial charge in [0.25, 0.3) is 0 Å². The Bertz CT molecular complexity index is 1110. The first-order chi connectivity index (χ1) is 17.0. The fourth-order valence-electron chi connectivity index (χ4n) is 5.58. The molecule has 0 amide bonds. The Kier molecular flexibility index (Phi) is 9.16. The lowest BCUT2D eigenvalue weighted by atomic mass is 9.79. The molecule has 35 heavy (non-hydrogen) atoms. The Morgan fingerprint density at radius 2 is 2.06 bits per heavy atom. The number of benzene rings is 1. The molecule has 1 fully saturated rings. The van der Waals surface area contributed by atoms with Crippen LogP contribution < -0.4 is 4.74 Å². The molecule has 6 heteroatoms. The number of hydrogen-bond donors (Lipinski definition) is 1. The zero-order chi connectivity index (χ0) is 24.6. The van der Waals surface area contributed by atoms with Gasteiger partial charge in [0, 0.05) is 29.4 Å². The summed E-state index contributed by atoms with van der Waals surface area (Å²) in [4.78, 5) is 19.9. The molecule has 3 aromatic rings. The summed E-state index contributed by atoms with van der Waals surface area (Å²) < 4.78 is 5.42. The fraction of sp³-hybridized carbons (Fsp3) is 0.517. The molecule has 5 nitrogen and oxygen atoms in total. The number of carboxylic acid groups (broad SMARTS) is 1. The number of aliphatic carboxylic acids is 1. The molecule has 2 atom stereocenters. The van der Waals surface area contributed by atoms with Crippen molar-refractivity contribution in [1.82, 2.24) is 9.88 Å². The van der Waals surface area contributed by atoms with Crippen molar-refractivity contribution in [3.05, 3.63) is 57.9 Å². The molecule has 3 heterocycles. The molecule has 4 rings (SSSR count). The number of aromatic nitrogens is 1. The summed E-state index contributed by atoms with van der Waals surface area (Å²) in [5.74, 6) is 1.26. The van der Waals surface area contributed by atoms with Gasteiger partial charge in [0.15, 0.2) is 0 Å². The smallest absolute Gasteiger partial charge is 0.303 e. The Morgan fingerprint density at radius 1 is 1.17 bits per heavy atom. The summed E-state index contributed by atoms with van der Waals surface area (Å²) in [6, 6.07) is 10.4. The Hall–Kier alpha value is -2.44. The predicted molar refractivity (Wildman–Crippen MR) is 144 cm³/mol. The SMILES string of the molecule is COc1ccc2nccc(CCCC3CCN(CCCc4sccc4C)CC3CCC(=O)O)c2c1. The third-order valence-corrected chi connectivity index (χ3v) is 8.69. The third kappa shape index (κ3) is 7.05. The monoisotopic (exact) mass is 494 g/mol. The van der Waals surface area contributed by atoms with Crippen LogP contribution in [0.2, 0.25) is 0 Å². The summed E-state index contributed by atoms with van der Waals surface area (Å²) in [6.07, 6.45) is 9.74. The molecule has 0 aliphatic carbocycles. The summed E-state index contributed by atoms with van der Waals surface area (Å²) in [5, 5.41) is 12.7. The average molecular weight is 495 g/mol. The number of aryl methyl sites for hydroxylation is 3. The molecule has 2 unspecified atom stereocenters. The van der Waals surface area contributed by atoms with E-state index in [0.29, 0.717) is 11.8 Å². The molecule has 188 valence electrons. The van der Waals surface area contributed by atoms with Gasteiger partial charge in [-0.2, -0.15) is 0 Å². The van der Waals surface area contributed by atoms with E-state index in [-0.39, 0.29) is 6.42 Å². The van der Waals surface area contributed by atoms with Crippen molar-refractivity contribution in [2.75, 3.05) is 26.7 Å². The minimum absolute atomic E-state index is 0.276. The van der Waals surface area contributed by atoms with Gasteiger partial charge in [-0.3, -0.25) is 9.78 Å². The molecular weight excluding hydrogens is 456 g/mol. The molecule has 2 aromatic heterocycles. The zero-order valence-corrected chi connectivity index (χ0v) is 21.9. The predicted octanol–water partition coefficient (Wildman–Crippen LogP) is 6.37. The number of carboxylic acids is 1. The van der Waals surface area contributed by atoms with Crippen LogP contribution in [0.4, 0.5) is 0 Å². The second-order valence-electron chi connectivity index (χ2n) is 9.92. The van der Waals surface area contributed by atoms with Gasteiger partial charge < -0.3 is 14.7 Å². The standard InChI is InChI=1S/C29H38N2O3S/c1-21-14-18-35-28(21)7-4-16-31-17-13-22(24(20-31)8-11-29(32)33)5-3-6-23-12-15-30-27-10-9-25(34-2)19-26(23)27/h9-10,12,14-15,18-19,22,24H,3-8,11,13,16-17,20H2,1-2H3,(H,32,33). The van der Waals surface area contributed by atoms with E-state index in [4.69, 9.17) is 4.74 Å². The number of likely N-dealkylation sites (tertiary alicyclic amines) is 1. The van der Waals surface area contributed by atoms with Crippen LogP contribution in [0.5, 0.6) is 5.75 Å². The van der Waals surface area contributed by atoms with Gasteiger partial charge in [-0.15, -0.1) is 11.3 Å². The van der Waals surface area contributed by atoms with Crippen molar-refractivity contribution in [2.24, 2.45) is 11.8 Å². The van der Waals surface area contributed by atoms with Crippen molar-refractivity contribution in [1.29, 1.82) is 0 Å². The number of nitrogens with zero attached hydrogens (tertiary/aromatic N) is 2. The lowest BCUT2D eigenvalue weighted by molar-refractivity contribution is -0.137. The quantitative estimate of drug-likeness (QED) is 0.317. The van der Waals surface area contributed by atoms with Crippen LogP contribution in [0.25, 0.3) is 10.9 Å². The zero-order valence-electron chi connectivity index (χ0n) is 21.0. The van der Waals surface area contributed by atoms with Crippen LogP contribution >= 0.6 is 11.3 Å². The van der Waals surface area contributed by atoms with Crippen LogP contribution in [-0.2, 0) is 17.6 Å². The van der Waals surface area contributed by atoms with Gasteiger partial charge in [-0.25, -0.2) is 0 Å². The molecule has 0 radical (unpaired) electrons. The number of rotatable bonds is 12. The van der Waals surface area contributed by atoms with Crippen LogP contribution in [0.1, 0.15) is 54.5 Å². The number of ether oxygens (including phenoxy) is 1. The molecule has 1 saturated heterocycles. The van der Waals surface area contributed by atoms with Crippen LogP contribution in [0, 0.1) is 18.8 Å². The average Bonchev–Trinajstić information content (AvgIpc) is 3.28. The highest BCUT2D eigenvalue weighted by Gasteiger charge is 2.29. The third-order valence-electron chi connectivity index (χ3n) is 7.61. The Morgan fingerprint density at radius 3 is 2.83 bits per heavy atom. The van der Waals surface area contributed by atoms with Gasteiger partial charge in [0.05, 0.1) is 12.6 Å². The fourth-order valence-corrected chi connectivity index (χ4v) is 6.53. The van der Waals surface area contributed by atoms with Gasteiger partial charge in [0.2, 0.25) is 0 Å². The van der Waals surface area contributed by atoms with E-state index in [2.05, 4.69) is 40.4 Å². The van der Waals surface area contributed by atoms with E-state index < -0.39 is 5.97 Å². The maximum atomic E-state index is 11.3. The van der Waals surface area contributed by atoms with Gasteiger partial charge >= 0.3 is 5.97 Å². The van der Waals surface area contributed by atoms with Crippen molar-refractivity contribution < 1.29 is 14.6 Å². The van der Waals surface area contributed by atoms with Crippen LogP contribution in [0.3, 0.4) is 0 Å². The number of pyridine rings is 1. The lowest BCUT2D eigenvalue weighted by Gasteiger charge is -2.39. The second-order valence-corrected chi connectivity index (χ2v) is 10.9. The Labute approximate surface area is 213 Å². The highest BCUT2D eigenvalue weighted by molar-refractivity contribution is 7.10. The highest BCUT2D eigenvalue weighted by Crippen LogP contribution is 2.32. The molecule has 1 N–H and O–H groups in total. The van der Waals surface area contributed by atoms with E-state index in [1.54, 1.807) is 7.11 Å². The lowest BCUT2D eigenvalue weighted by Crippen LogP contribution is -2.41. The summed E-state index contributed by atoms with van der Waals surface area (Å²) in [6.45, 7) is 5.48. The van der Waals surface area contributed by atoms with E-state index >= 15 is 0 Å². The number of thiophene rings is 1. The van der Waals surface area contributed by atoms with Crippen molar-refractivity contribution >= 4 is 28.2 Å². The van der Waals surface area contributed by atoms with Gasteiger partial charge in [-0.1, -0.05) is 0 Å². The number of methoxy groups -OCH3 is 1. The van der Waals surface area contributed by atoms with Gasteiger partial charge in [0.1, 0.15) is 5.75 Å². The maximum Gasteiger partial charge on any atom is 0.303 e. The second kappa shape index (κ2) is 12.5. The summed E-state index contributed by atoms with van der Waals surface area (Å²) >= 11 is 1.86. The van der Waals surface area contributed by atoms with E-state index in [0.717, 1.165) is 63.0 Å². The molecule has 1 aromatic carbocycles. The van der Waals surface area contributed by atoms with Crippen molar-refractivity contribution in [3.63, 3.8) is 0 Å². The van der Waals surface area contributed by atoms with E-state index in [1.165, 1.54) is 34.2 Å². The van der Waals surface area contributed by atoms with Crippen molar-refractivity contribution in [2.45, 2.75) is 58.3 Å². The number of piperidine rings is 1. The molecule has 0 saturated carbocycles. The molecule has 1 aliphatic rings. The van der Waals surface area contributed by atoms with E-state index in [1.807, 2.05) is 29.7 Å². The van der Waals surface area contributed by atoms with Crippen molar-refractivity contribution in [3.8, 4) is 5.75 Å². The van der Waals surface area contributed by atoms with Crippen LogP contribution in [-0.4, -0.2) is 47.7 Å². The largest absolute Gasteiger partial charge is 0.497 e. The van der Waals surface area contributed by atoms with Gasteiger partial charge in [-0.05, 0) is 124 Å². The number of fused-ring (bicyclic) bond motifs is 1. The number of hydrogen-bond acceptors (Lipinski definition) is 5. The Balaban J connectivity index is 1.32. The first-order valence-corrected chi connectivity index (χ1v) is 13.8. The number of carbonyl (C=O) groups is 1. The first-order valence-electron chi connectivity index (χ1n) is 12.9. The highest BCUT2D eigenvalue weighted by atomic mass is 32.1. The summed E-state index contributed by atoms with van der Waals surface area (Å²) in [5.41, 5.74) is 3.74. The molecule has 0 bridgehead atoms.